The predicted molar refractivity (Wildman–Crippen MR) is 135 cm³/mol. The first-order valence-electron chi connectivity index (χ1n) is 12.0. The second kappa shape index (κ2) is 11.3. The maximum absolute atomic E-state index is 12.9. The lowest BCUT2D eigenvalue weighted by molar-refractivity contribution is -0.131. The van der Waals surface area contributed by atoms with Crippen LogP contribution >= 0.6 is 0 Å². The fourth-order valence-electron chi connectivity index (χ4n) is 4.54. The van der Waals surface area contributed by atoms with E-state index in [4.69, 9.17) is 0 Å². The Hall–Kier alpha value is -3.48. The summed E-state index contributed by atoms with van der Waals surface area (Å²) in [6, 6.07) is 21.0. The number of carbonyl (C=O) groups excluding carboxylic acids is 2. The molecule has 0 fully saturated rings. The van der Waals surface area contributed by atoms with Crippen molar-refractivity contribution in [1.82, 2.24) is 10.2 Å². The Labute approximate surface area is 206 Å². The van der Waals surface area contributed by atoms with Gasteiger partial charge in [-0.05, 0) is 60.2 Å². The Kier molecular flexibility index (Phi) is 7.95. The van der Waals surface area contributed by atoms with Crippen molar-refractivity contribution in [3.8, 4) is 5.75 Å². The first-order valence-corrected chi connectivity index (χ1v) is 12.0. The molecule has 0 bridgehead atoms. The summed E-state index contributed by atoms with van der Waals surface area (Å²) in [5.74, 6) is 0.0208. The molecule has 1 amide bonds. The molecule has 0 aliphatic carbocycles. The van der Waals surface area contributed by atoms with Crippen LogP contribution in [0.5, 0.6) is 5.75 Å². The third-order valence-electron chi connectivity index (χ3n) is 6.55. The largest absolute Gasteiger partial charge is 0.508 e. The van der Waals surface area contributed by atoms with Crippen molar-refractivity contribution in [2.24, 2.45) is 0 Å². The molecule has 1 heterocycles. The van der Waals surface area contributed by atoms with Gasteiger partial charge in [-0.3, -0.25) is 9.59 Å². The maximum atomic E-state index is 12.9. The molecule has 0 aromatic heterocycles. The van der Waals surface area contributed by atoms with E-state index < -0.39 is 0 Å². The van der Waals surface area contributed by atoms with Crippen molar-refractivity contribution >= 4 is 11.7 Å². The summed E-state index contributed by atoms with van der Waals surface area (Å²) in [5, 5.41) is 22.2. The molecular formula is C29H32N2O4. The van der Waals surface area contributed by atoms with Crippen LogP contribution in [0.15, 0.2) is 66.7 Å². The van der Waals surface area contributed by atoms with Gasteiger partial charge in [0.25, 0.3) is 0 Å². The predicted octanol–water partition coefficient (Wildman–Crippen LogP) is 3.42. The number of carbonyl (C=O) groups is 2. The van der Waals surface area contributed by atoms with Crippen molar-refractivity contribution in [2.45, 2.75) is 45.4 Å². The number of phenols is 1. The van der Waals surface area contributed by atoms with Gasteiger partial charge in [0.05, 0.1) is 19.6 Å². The number of nitrogens with zero attached hydrogens (tertiary/aromatic N) is 1. The van der Waals surface area contributed by atoms with Gasteiger partial charge in [0.2, 0.25) is 5.91 Å². The molecule has 0 spiro atoms. The summed E-state index contributed by atoms with van der Waals surface area (Å²) in [6.07, 6.45) is 2.00. The number of aromatic hydroxyl groups is 1. The molecule has 3 aromatic rings. The fraction of sp³-hybridized carbons (Fsp3) is 0.310. The van der Waals surface area contributed by atoms with E-state index in [-0.39, 0.29) is 36.6 Å². The summed E-state index contributed by atoms with van der Waals surface area (Å²) < 4.78 is 0. The van der Waals surface area contributed by atoms with Gasteiger partial charge in [-0.2, -0.15) is 0 Å². The lowest BCUT2D eigenvalue weighted by atomic mass is 9.98. The quantitative estimate of drug-likeness (QED) is 0.415. The molecular weight excluding hydrogens is 440 g/mol. The van der Waals surface area contributed by atoms with Gasteiger partial charge in [0.15, 0.2) is 5.78 Å². The SMILES string of the molecule is C[C@H](Cc1cccc(CC(=O)N2CCc3ccccc3C2)c1)NCC(=O)c1ccc(O)c(CO)c1. The van der Waals surface area contributed by atoms with Crippen molar-refractivity contribution in [1.29, 1.82) is 0 Å². The number of nitrogens with one attached hydrogen (secondary N) is 1. The van der Waals surface area contributed by atoms with Crippen molar-refractivity contribution < 1.29 is 19.8 Å². The molecule has 4 rings (SSSR count). The van der Waals surface area contributed by atoms with Gasteiger partial charge in [0, 0.05) is 30.3 Å². The van der Waals surface area contributed by atoms with E-state index in [1.165, 1.54) is 23.3 Å². The van der Waals surface area contributed by atoms with Crippen LogP contribution < -0.4 is 5.32 Å². The van der Waals surface area contributed by atoms with E-state index in [1.807, 2.05) is 42.2 Å². The fourth-order valence-corrected chi connectivity index (χ4v) is 4.54. The lowest BCUT2D eigenvalue weighted by Crippen LogP contribution is -2.36. The van der Waals surface area contributed by atoms with E-state index in [9.17, 15) is 19.8 Å². The summed E-state index contributed by atoms with van der Waals surface area (Å²) in [6.45, 7) is 3.29. The first-order chi connectivity index (χ1) is 16.9. The first kappa shape index (κ1) is 24.6. The van der Waals surface area contributed by atoms with Crippen molar-refractivity contribution in [2.75, 3.05) is 13.1 Å². The third-order valence-corrected chi connectivity index (χ3v) is 6.55. The zero-order chi connectivity index (χ0) is 24.8. The van der Waals surface area contributed by atoms with E-state index in [0.717, 1.165) is 30.5 Å². The van der Waals surface area contributed by atoms with Crippen LogP contribution in [-0.4, -0.2) is 45.9 Å². The van der Waals surface area contributed by atoms with E-state index >= 15 is 0 Å². The highest BCUT2D eigenvalue weighted by molar-refractivity contribution is 5.98. The zero-order valence-electron chi connectivity index (χ0n) is 20.0. The van der Waals surface area contributed by atoms with E-state index in [1.54, 1.807) is 6.07 Å². The molecule has 35 heavy (non-hydrogen) atoms. The number of aliphatic hydroxyl groups is 1. The Morgan fingerprint density at radius 3 is 2.57 bits per heavy atom. The lowest BCUT2D eigenvalue weighted by Gasteiger charge is -2.29. The van der Waals surface area contributed by atoms with E-state index in [0.29, 0.717) is 24.1 Å². The molecule has 6 nitrogen and oxygen atoms in total. The van der Waals surface area contributed by atoms with Gasteiger partial charge in [0.1, 0.15) is 5.75 Å². The monoisotopic (exact) mass is 472 g/mol. The van der Waals surface area contributed by atoms with Gasteiger partial charge in [-0.25, -0.2) is 0 Å². The number of hydrogen-bond donors (Lipinski definition) is 3. The molecule has 0 saturated carbocycles. The van der Waals surface area contributed by atoms with Gasteiger partial charge >= 0.3 is 0 Å². The summed E-state index contributed by atoms with van der Waals surface area (Å²) in [7, 11) is 0. The molecule has 1 aliphatic rings. The number of fused-ring (bicyclic) bond motifs is 1. The maximum Gasteiger partial charge on any atom is 0.227 e. The molecule has 3 aromatic carbocycles. The highest BCUT2D eigenvalue weighted by atomic mass is 16.3. The summed E-state index contributed by atoms with van der Waals surface area (Å²) in [4.78, 5) is 27.4. The number of aliphatic hydroxyl groups excluding tert-OH is 1. The van der Waals surface area contributed by atoms with Crippen LogP contribution in [0.4, 0.5) is 0 Å². The molecule has 0 radical (unpaired) electrons. The van der Waals surface area contributed by atoms with Gasteiger partial charge in [-0.1, -0.05) is 48.5 Å². The van der Waals surface area contributed by atoms with Crippen LogP contribution in [-0.2, 0) is 37.2 Å². The van der Waals surface area contributed by atoms with Crippen LogP contribution in [0.1, 0.15) is 45.1 Å². The number of hydrogen-bond acceptors (Lipinski definition) is 5. The van der Waals surface area contributed by atoms with Crippen LogP contribution in [0, 0.1) is 0 Å². The minimum absolute atomic E-state index is 0.0196. The normalized spacial score (nSPS) is 13.8. The minimum Gasteiger partial charge on any atom is -0.508 e. The van der Waals surface area contributed by atoms with Crippen molar-refractivity contribution in [3.63, 3.8) is 0 Å². The smallest absolute Gasteiger partial charge is 0.227 e. The van der Waals surface area contributed by atoms with E-state index in [2.05, 4.69) is 23.5 Å². The molecule has 1 atom stereocenters. The van der Waals surface area contributed by atoms with Crippen molar-refractivity contribution in [3.05, 3.63) is 100 Å². The molecule has 1 aliphatic heterocycles. The van der Waals surface area contributed by atoms with Crippen LogP contribution in [0.3, 0.4) is 0 Å². The van der Waals surface area contributed by atoms with Crippen LogP contribution in [0.2, 0.25) is 0 Å². The average Bonchev–Trinajstić information content (AvgIpc) is 2.87. The number of ketones is 1. The van der Waals surface area contributed by atoms with Gasteiger partial charge in [-0.15, -0.1) is 0 Å². The number of benzene rings is 3. The molecule has 182 valence electrons. The molecule has 3 N–H and O–H groups in total. The summed E-state index contributed by atoms with van der Waals surface area (Å²) in [5.41, 5.74) is 5.46. The molecule has 0 saturated heterocycles. The molecule has 0 unspecified atom stereocenters. The number of amides is 1. The second-order valence-electron chi connectivity index (χ2n) is 9.24. The standard InChI is InChI=1S/C29H32N2O4/c1-20(30-17-28(34)24-9-10-27(33)26(16-24)19-32)13-21-5-4-6-22(14-21)15-29(35)31-12-11-23-7-2-3-8-25(23)18-31/h2-10,14,16,20,30,32-33H,11-13,15,17-19H2,1H3/t20-/m1/s1. The minimum atomic E-state index is -0.319. The van der Waals surface area contributed by atoms with Gasteiger partial charge < -0.3 is 20.4 Å². The second-order valence-corrected chi connectivity index (χ2v) is 9.24. The Morgan fingerprint density at radius 1 is 1.00 bits per heavy atom. The number of rotatable bonds is 9. The topological polar surface area (TPSA) is 89.9 Å². The Morgan fingerprint density at radius 2 is 1.77 bits per heavy atom. The summed E-state index contributed by atoms with van der Waals surface area (Å²) >= 11 is 0. The van der Waals surface area contributed by atoms with Crippen LogP contribution in [0.25, 0.3) is 0 Å². The average molecular weight is 473 g/mol. The Bertz CT molecular complexity index is 1210. The number of Topliss-reactive ketones (excluding diaryl/α,β-unsaturated/α-hetero) is 1. The Balaban J connectivity index is 1.29. The highest BCUT2D eigenvalue weighted by Gasteiger charge is 2.20. The third kappa shape index (κ3) is 6.35. The highest BCUT2D eigenvalue weighted by Crippen LogP contribution is 2.20. The zero-order valence-corrected chi connectivity index (χ0v) is 20.0. The molecule has 6 heteroatoms.